The second-order valence-corrected chi connectivity index (χ2v) is 6.52. The molecule has 2 aliphatic heterocycles. The van der Waals surface area contributed by atoms with Crippen LogP contribution in [0.25, 0.3) is 0 Å². The van der Waals surface area contributed by atoms with Crippen molar-refractivity contribution in [2.75, 3.05) is 38.1 Å². The molecule has 1 saturated heterocycles. The Morgan fingerprint density at radius 2 is 2.28 bits per heavy atom. The molecule has 1 atom stereocenters. The lowest BCUT2D eigenvalue weighted by Gasteiger charge is -2.39. The van der Waals surface area contributed by atoms with E-state index in [1.165, 1.54) is 0 Å². The zero-order chi connectivity index (χ0) is 12.8. The van der Waals surface area contributed by atoms with E-state index in [4.69, 9.17) is 0 Å². The topological polar surface area (TPSA) is 65.5 Å². The Hall–Kier alpha value is -1.18. The van der Waals surface area contributed by atoms with E-state index in [0.29, 0.717) is 12.4 Å². The van der Waals surface area contributed by atoms with Gasteiger partial charge in [0.1, 0.15) is 10.7 Å². The number of nitrogens with one attached hydrogen (secondary N) is 1. The lowest BCUT2D eigenvalue weighted by Crippen LogP contribution is -2.55. The van der Waals surface area contributed by atoms with Gasteiger partial charge in [0.2, 0.25) is 10.0 Å². The highest BCUT2D eigenvalue weighted by Crippen LogP contribution is 2.28. The summed E-state index contributed by atoms with van der Waals surface area (Å²) in [6.07, 6.45) is 1.65. The van der Waals surface area contributed by atoms with Gasteiger partial charge in [-0.1, -0.05) is 0 Å². The zero-order valence-electron chi connectivity index (χ0n) is 10.2. The van der Waals surface area contributed by atoms with Crippen LogP contribution in [-0.4, -0.2) is 57.6 Å². The van der Waals surface area contributed by atoms with Gasteiger partial charge in [0.05, 0.1) is 6.04 Å². The molecule has 0 amide bonds. The van der Waals surface area contributed by atoms with Crippen LogP contribution < -0.4 is 9.62 Å². The first-order valence-electron chi connectivity index (χ1n) is 5.98. The lowest BCUT2D eigenvalue weighted by atomic mass is 10.1. The number of fused-ring (bicyclic) bond motifs is 3. The molecule has 1 N–H and O–H groups in total. The van der Waals surface area contributed by atoms with Gasteiger partial charge in [-0.15, -0.1) is 0 Å². The van der Waals surface area contributed by atoms with E-state index in [2.05, 4.69) is 26.6 Å². The molecule has 6 nitrogen and oxygen atoms in total. The largest absolute Gasteiger partial charge is 0.349 e. The molecular weight excluding hydrogens is 252 g/mol. The number of likely N-dealkylation sites (N-methyl/N-ethyl adjacent to an activating group) is 1. The normalized spacial score (nSPS) is 27.2. The number of pyridine rings is 1. The summed E-state index contributed by atoms with van der Waals surface area (Å²) in [7, 11) is -1.38. The maximum Gasteiger partial charge on any atom is 0.244 e. The first kappa shape index (κ1) is 11.9. The van der Waals surface area contributed by atoms with Crippen LogP contribution in [-0.2, 0) is 10.0 Å². The smallest absolute Gasteiger partial charge is 0.244 e. The van der Waals surface area contributed by atoms with Crippen LogP contribution in [0.2, 0.25) is 0 Å². The number of nitrogens with zero attached hydrogens (tertiary/aromatic N) is 3. The quantitative estimate of drug-likeness (QED) is 0.687. The maximum absolute atomic E-state index is 12.1. The predicted octanol–water partition coefficient (Wildman–Crippen LogP) is -0.506. The fourth-order valence-corrected chi connectivity index (χ4v) is 3.79. The van der Waals surface area contributed by atoms with Gasteiger partial charge in [-0.2, -0.15) is 0 Å². The highest BCUT2D eigenvalue weighted by molar-refractivity contribution is 7.89. The molecule has 0 aromatic carbocycles. The van der Waals surface area contributed by atoms with Crippen molar-refractivity contribution in [1.29, 1.82) is 0 Å². The summed E-state index contributed by atoms with van der Waals surface area (Å²) < 4.78 is 26.9. The van der Waals surface area contributed by atoms with Crippen LogP contribution in [0.3, 0.4) is 0 Å². The molecular formula is C11H16N4O2S. The molecule has 2 aliphatic rings. The van der Waals surface area contributed by atoms with Crippen molar-refractivity contribution >= 4 is 15.8 Å². The third-order valence-electron chi connectivity index (χ3n) is 3.51. The highest BCUT2D eigenvalue weighted by Gasteiger charge is 2.34. The molecule has 18 heavy (non-hydrogen) atoms. The Morgan fingerprint density at radius 3 is 3.11 bits per heavy atom. The van der Waals surface area contributed by atoms with Crippen LogP contribution in [0.5, 0.6) is 0 Å². The third kappa shape index (κ3) is 1.88. The summed E-state index contributed by atoms with van der Waals surface area (Å²) in [4.78, 5) is 8.88. The summed E-state index contributed by atoms with van der Waals surface area (Å²) >= 11 is 0. The minimum absolute atomic E-state index is 0.148. The minimum Gasteiger partial charge on any atom is -0.349 e. The molecule has 3 rings (SSSR count). The van der Waals surface area contributed by atoms with Gasteiger partial charge in [0, 0.05) is 32.4 Å². The van der Waals surface area contributed by atoms with Crippen LogP contribution >= 0.6 is 0 Å². The first-order chi connectivity index (χ1) is 8.58. The molecule has 1 fully saturated rings. The Morgan fingerprint density at radius 1 is 1.44 bits per heavy atom. The van der Waals surface area contributed by atoms with Crippen LogP contribution in [0, 0.1) is 0 Å². The molecule has 0 radical (unpaired) electrons. The number of piperazine rings is 1. The number of rotatable bonds is 0. The molecule has 1 aromatic heterocycles. The van der Waals surface area contributed by atoms with Crippen molar-refractivity contribution in [2.45, 2.75) is 10.9 Å². The number of hydrogen-bond donors (Lipinski definition) is 1. The summed E-state index contributed by atoms with van der Waals surface area (Å²) in [5.74, 6) is 0.584. The van der Waals surface area contributed by atoms with Crippen molar-refractivity contribution in [3.8, 4) is 0 Å². The van der Waals surface area contributed by atoms with E-state index < -0.39 is 10.0 Å². The van der Waals surface area contributed by atoms with Crippen LogP contribution in [0.1, 0.15) is 0 Å². The molecule has 0 unspecified atom stereocenters. The summed E-state index contributed by atoms with van der Waals surface area (Å²) in [5, 5.41) is 0. The van der Waals surface area contributed by atoms with Gasteiger partial charge in [-0.05, 0) is 19.2 Å². The van der Waals surface area contributed by atoms with Gasteiger partial charge in [0.25, 0.3) is 0 Å². The predicted molar refractivity (Wildman–Crippen MR) is 68.1 cm³/mol. The molecule has 0 bridgehead atoms. The van der Waals surface area contributed by atoms with Gasteiger partial charge < -0.3 is 9.80 Å². The van der Waals surface area contributed by atoms with E-state index in [1.54, 1.807) is 18.3 Å². The minimum atomic E-state index is -3.43. The van der Waals surface area contributed by atoms with Crippen LogP contribution in [0.15, 0.2) is 23.2 Å². The molecule has 0 spiro atoms. The van der Waals surface area contributed by atoms with E-state index in [1.807, 2.05) is 0 Å². The Balaban J connectivity index is 2.10. The first-order valence-corrected chi connectivity index (χ1v) is 7.46. The average Bonchev–Trinajstić information content (AvgIpc) is 2.46. The van der Waals surface area contributed by atoms with Crippen molar-refractivity contribution in [2.24, 2.45) is 0 Å². The van der Waals surface area contributed by atoms with Gasteiger partial charge >= 0.3 is 0 Å². The Kier molecular flexibility index (Phi) is 2.76. The van der Waals surface area contributed by atoms with Crippen molar-refractivity contribution in [3.05, 3.63) is 18.3 Å². The van der Waals surface area contributed by atoms with E-state index >= 15 is 0 Å². The average molecular weight is 268 g/mol. The molecule has 98 valence electrons. The van der Waals surface area contributed by atoms with Crippen molar-refractivity contribution in [3.63, 3.8) is 0 Å². The van der Waals surface area contributed by atoms with Gasteiger partial charge in [-0.3, -0.25) is 0 Å². The summed E-state index contributed by atoms with van der Waals surface area (Å²) in [6.45, 7) is 3.01. The highest BCUT2D eigenvalue weighted by atomic mass is 32.2. The Bertz CT molecular complexity index is 560. The Labute approximate surface area is 107 Å². The molecule has 3 heterocycles. The standard InChI is InChI=1S/C11H16N4O2S/c1-14-5-6-15-9(8-14)7-13-18(16,17)10-3-2-4-12-11(10)15/h2-4,9,13H,5-8H2,1H3/t9-/m1/s1. The van der Waals surface area contributed by atoms with Crippen LogP contribution in [0.4, 0.5) is 5.82 Å². The van der Waals surface area contributed by atoms with Crippen molar-refractivity contribution in [1.82, 2.24) is 14.6 Å². The van der Waals surface area contributed by atoms with E-state index in [-0.39, 0.29) is 10.9 Å². The molecule has 1 aromatic rings. The molecule has 0 aliphatic carbocycles. The second kappa shape index (κ2) is 4.18. The van der Waals surface area contributed by atoms with Crippen molar-refractivity contribution < 1.29 is 8.42 Å². The maximum atomic E-state index is 12.1. The molecule has 0 saturated carbocycles. The van der Waals surface area contributed by atoms with Gasteiger partial charge in [-0.25, -0.2) is 18.1 Å². The molecule has 7 heteroatoms. The monoisotopic (exact) mass is 268 g/mol. The number of aromatic nitrogens is 1. The fraction of sp³-hybridized carbons (Fsp3) is 0.545. The summed E-state index contributed by atoms with van der Waals surface area (Å²) in [5.41, 5.74) is 0. The summed E-state index contributed by atoms with van der Waals surface area (Å²) in [6, 6.07) is 3.43. The van der Waals surface area contributed by atoms with E-state index in [9.17, 15) is 8.42 Å². The van der Waals surface area contributed by atoms with E-state index in [0.717, 1.165) is 19.6 Å². The third-order valence-corrected chi connectivity index (χ3v) is 4.95. The second-order valence-electron chi connectivity index (χ2n) is 4.79. The fourth-order valence-electron chi connectivity index (χ4n) is 2.56. The number of hydrogen-bond acceptors (Lipinski definition) is 5. The van der Waals surface area contributed by atoms with Gasteiger partial charge in [0.15, 0.2) is 0 Å². The lowest BCUT2D eigenvalue weighted by molar-refractivity contribution is 0.267. The number of anilines is 1. The number of sulfonamides is 1. The SMILES string of the molecule is CN1CCN2c3ncccc3S(=O)(=O)NC[C@@H]2C1. The zero-order valence-corrected chi connectivity index (χ0v) is 11.0.